The van der Waals surface area contributed by atoms with Gasteiger partial charge >= 0.3 is 0 Å². The molecule has 0 saturated carbocycles. The van der Waals surface area contributed by atoms with Crippen LogP contribution in [0.5, 0.6) is 0 Å². The lowest BCUT2D eigenvalue weighted by Crippen LogP contribution is -2.51. The summed E-state index contributed by atoms with van der Waals surface area (Å²) in [5, 5.41) is 4.75. The molecule has 0 bridgehead atoms. The predicted octanol–water partition coefficient (Wildman–Crippen LogP) is 2.05. The minimum absolute atomic E-state index is 0.0691. The summed E-state index contributed by atoms with van der Waals surface area (Å²) in [5.41, 5.74) is 1.44. The van der Waals surface area contributed by atoms with E-state index in [2.05, 4.69) is 35.9 Å². The Labute approximate surface area is 132 Å². The Balaban J connectivity index is 1.77. The van der Waals surface area contributed by atoms with Crippen molar-refractivity contribution in [1.29, 1.82) is 0 Å². The molecule has 1 fully saturated rings. The van der Waals surface area contributed by atoms with Crippen molar-refractivity contribution in [1.82, 2.24) is 20.1 Å². The molecule has 2 aliphatic heterocycles. The number of nitrogens with one attached hydrogen (secondary N) is 1. The molecular weight excluding hydrogens is 280 g/mol. The van der Waals surface area contributed by atoms with Crippen molar-refractivity contribution in [2.24, 2.45) is 0 Å². The second-order valence-electron chi connectivity index (χ2n) is 6.71. The minimum Gasteiger partial charge on any atom is -0.314 e. The van der Waals surface area contributed by atoms with Gasteiger partial charge in [-0.3, -0.25) is 9.80 Å². The maximum absolute atomic E-state index is 5.02. The second kappa shape index (κ2) is 6.32. The number of nitrogens with zero attached hydrogens (tertiary/aromatic N) is 3. The summed E-state index contributed by atoms with van der Waals surface area (Å²) in [6.45, 7) is 14.9. The molecule has 0 spiro atoms. The first-order valence-corrected chi connectivity index (χ1v) is 9.10. The molecule has 3 rings (SSSR count). The van der Waals surface area contributed by atoms with Crippen molar-refractivity contribution in [2.75, 3.05) is 39.3 Å². The van der Waals surface area contributed by atoms with Crippen LogP contribution in [0.15, 0.2) is 0 Å². The van der Waals surface area contributed by atoms with E-state index in [9.17, 15) is 0 Å². The Morgan fingerprint density at radius 1 is 1.24 bits per heavy atom. The third-order valence-corrected chi connectivity index (χ3v) is 6.18. The highest BCUT2D eigenvalue weighted by Gasteiger charge is 2.34. The first-order valence-electron chi connectivity index (χ1n) is 8.28. The zero-order chi connectivity index (χ0) is 14.9. The monoisotopic (exact) mass is 308 g/mol. The molecule has 1 N–H and O–H groups in total. The highest BCUT2D eigenvalue weighted by molar-refractivity contribution is 7.11. The average molecular weight is 308 g/mol. The van der Waals surface area contributed by atoms with Crippen molar-refractivity contribution < 1.29 is 0 Å². The fourth-order valence-electron chi connectivity index (χ4n) is 3.38. The predicted molar refractivity (Wildman–Crippen MR) is 88.9 cm³/mol. The van der Waals surface area contributed by atoms with E-state index in [-0.39, 0.29) is 5.54 Å². The van der Waals surface area contributed by atoms with Gasteiger partial charge in [0.1, 0.15) is 5.01 Å². The van der Waals surface area contributed by atoms with Crippen LogP contribution in [0.3, 0.4) is 0 Å². The van der Waals surface area contributed by atoms with E-state index in [0.29, 0.717) is 0 Å². The molecule has 3 heterocycles. The maximum atomic E-state index is 5.02. The van der Waals surface area contributed by atoms with Crippen LogP contribution in [0, 0.1) is 0 Å². The number of piperazine rings is 1. The van der Waals surface area contributed by atoms with Gasteiger partial charge in [-0.2, -0.15) is 0 Å². The molecule has 0 aromatic carbocycles. The van der Waals surface area contributed by atoms with Crippen LogP contribution < -0.4 is 5.32 Å². The molecule has 0 unspecified atom stereocenters. The summed E-state index contributed by atoms with van der Waals surface area (Å²) >= 11 is 1.95. The lowest BCUT2D eigenvalue weighted by atomic mass is 10.0. The van der Waals surface area contributed by atoms with Crippen molar-refractivity contribution in [3.05, 3.63) is 15.6 Å². The number of rotatable bonds is 4. The fourth-order valence-corrected chi connectivity index (χ4v) is 4.66. The Hall–Kier alpha value is -0.490. The number of hydrogen-bond donors (Lipinski definition) is 1. The van der Waals surface area contributed by atoms with E-state index in [1.807, 2.05) is 11.3 Å². The zero-order valence-corrected chi connectivity index (χ0v) is 14.4. The molecule has 2 aliphatic rings. The Morgan fingerprint density at radius 2 is 2.00 bits per heavy atom. The normalized spacial score (nSPS) is 21.5. The third kappa shape index (κ3) is 3.16. The van der Waals surface area contributed by atoms with Crippen LogP contribution in [-0.2, 0) is 18.5 Å². The van der Waals surface area contributed by atoms with Gasteiger partial charge in [0.2, 0.25) is 0 Å². The van der Waals surface area contributed by atoms with Crippen molar-refractivity contribution in [3.63, 3.8) is 0 Å². The van der Waals surface area contributed by atoms with Crippen LogP contribution in [0.4, 0.5) is 0 Å². The summed E-state index contributed by atoms with van der Waals surface area (Å²) in [6.07, 6.45) is 2.37. The SMILES string of the molecule is CCCN1CCc2nc(C(C)(C)N3CCNCC3)sc2C1. The Morgan fingerprint density at radius 3 is 2.71 bits per heavy atom. The van der Waals surface area contributed by atoms with Gasteiger partial charge in [-0.15, -0.1) is 11.3 Å². The van der Waals surface area contributed by atoms with E-state index >= 15 is 0 Å². The molecule has 0 radical (unpaired) electrons. The highest BCUT2D eigenvalue weighted by atomic mass is 32.1. The summed E-state index contributed by atoms with van der Waals surface area (Å²) in [5.74, 6) is 0. The van der Waals surface area contributed by atoms with Crippen molar-refractivity contribution in [2.45, 2.75) is 45.7 Å². The third-order valence-electron chi connectivity index (χ3n) is 4.78. The number of aromatic nitrogens is 1. The van der Waals surface area contributed by atoms with Crippen LogP contribution in [0.25, 0.3) is 0 Å². The van der Waals surface area contributed by atoms with Crippen molar-refractivity contribution >= 4 is 11.3 Å². The Bertz CT molecular complexity index is 477. The first kappa shape index (κ1) is 15.4. The van der Waals surface area contributed by atoms with Gasteiger partial charge in [0.05, 0.1) is 11.2 Å². The molecule has 4 nitrogen and oxygen atoms in total. The lowest BCUT2D eigenvalue weighted by molar-refractivity contribution is 0.102. The van der Waals surface area contributed by atoms with E-state index in [0.717, 1.165) is 39.1 Å². The molecule has 1 aromatic rings. The summed E-state index contributed by atoms with van der Waals surface area (Å²) in [4.78, 5) is 11.7. The van der Waals surface area contributed by atoms with E-state index in [1.165, 1.54) is 35.1 Å². The van der Waals surface area contributed by atoms with Gasteiger partial charge in [-0.05, 0) is 26.8 Å². The molecule has 0 amide bonds. The minimum atomic E-state index is 0.0691. The standard InChI is InChI=1S/C16H28N4S/c1-4-8-19-9-5-13-14(12-19)21-15(18-13)16(2,3)20-10-6-17-7-11-20/h17H,4-12H2,1-3H3. The van der Waals surface area contributed by atoms with Crippen molar-refractivity contribution in [3.8, 4) is 0 Å². The quantitative estimate of drug-likeness (QED) is 0.922. The van der Waals surface area contributed by atoms with E-state index < -0.39 is 0 Å². The topological polar surface area (TPSA) is 31.4 Å². The number of fused-ring (bicyclic) bond motifs is 1. The second-order valence-corrected chi connectivity index (χ2v) is 7.79. The van der Waals surface area contributed by atoms with Crippen LogP contribution in [0.1, 0.15) is 42.8 Å². The summed E-state index contributed by atoms with van der Waals surface area (Å²) < 4.78 is 0. The largest absolute Gasteiger partial charge is 0.314 e. The lowest BCUT2D eigenvalue weighted by Gasteiger charge is -2.39. The van der Waals surface area contributed by atoms with Gasteiger partial charge in [0, 0.05) is 50.6 Å². The van der Waals surface area contributed by atoms with E-state index in [4.69, 9.17) is 4.98 Å². The maximum Gasteiger partial charge on any atom is 0.113 e. The van der Waals surface area contributed by atoms with Crippen LogP contribution in [0.2, 0.25) is 0 Å². The molecule has 1 saturated heterocycles. The summed E-state index contributed by atoms with van der Waals surface area (Å²) in [6, 6.07) is 0. The molecular formula is C16H28N4S. The molecule has 5 heteroatoms. The molecule has 0 aliphatic carbocycles. The number of hydrogen-bond acceptors (Lipinski definition) is 5. The van der Waals surface area contributed by atoms with Gasteiger partial charge in [-0.25, -0.2) is 4.98 Å². The fraction of sp³-hybridized carbons (Fsp3) is 0.812. The van der Waals surface area contributed by atoms with E-state index in [1.54, 1.807) is 0 Å². The van der Waals surface area contributed by atoms with Crippen LogP contribution in [-0.4, -0.2) is 54.1 Å². The molecule has 118 valence electrons. The molecule has 1 aromatic heterocycles. The highest BCUT2D eigenvalue weighted by Crippen LogP contribution is 2.35. The molecule has 21 heavy (non-hydrogen) atoms. The smallest absolute Gasteiger partial charge is 0.113 e. The summed E-state index contributed by atoms with van der Waals surface area (Å²) in [7, 11) is 0. The van der Waals surface area contributed by atoms with Gasteiger partial charge < -0.3 is 5.32 Å². The first-order chi connectivity index (χ1) is 10.1. The Kier molecular flexibility index (Phi) is 4.64. The van der Waals surface area contributed by atoms with Gasteiger partial charge in [0.15, 0.2) is 0 Å². The average Bonchev–Trinajstić information content (AvgIpc) is 2.92. The van der Waals surface area contributed by atoms with Crippen LogP contribution >= 0.6 is 11.3 Å². The zero-order valence-electron chi connectivity index (χ0n) is 13.6. The number of thiazole rings is 1. The van der Waals surface area contributed by atoms with Gasteiger partial charge in [0.25, 0.3) is 0 Å². The molecule has 0 atom stereocenters. The van der Waals surface area contributed by atoms with Gasteiger partial charge in [-0.1, -0.05) is 6.92 Å².